The molecule has 3 rings (SSSR count). The number of hydrogen-bond donors (Lipinski definition) is 0. The molecule has 2 aliphatic heterocycles. The molecule has 148 valence electrons. The Morgan fingerprint density at radius 1 is 0.720 bits per heavy atom. The van der Waals surface area contributed by atoms with Crippen LogP contribution in [0.15, 0.2) is 0 Å². The van der Waals surface area contributed by atoms with Gasteiger partial charge in [-0.05, 0) is 109 Å². The van der Waals surface area contributed by atoms with Crippen LogP contribution < -0.4 is 0 Å². The lowest BCUT2D eigenvalue weighted by Crippen LogP contribution is -2.45. The lowest BCUT2D eigenvalue weighted by Gasteiger charge is -2.49. The molecule has 2 heterocycles. The highest BCUT2D eigenvalue weighted by molar-refractivity contribution is 4.92. The van der Waals surface area contributed by atoms with Gasteiger partial charge in [-0.3, -0.25) is 0 Å². The molecule has 3 aliphatic rings. The number of piperidine rings is 2. The summed E-state index contributed by atoms with van der Waals surface area (Å²) in [7, 11) is 0. The molecule has 0 radical (unpaired) electrons. The van der Waals surface area contributed by atoms with E-state index in [1.54, 1.807) is 0 Å². The molecule has 1 aliphatic carbocycles. The smallest absolute Gasteiger partial charge is 0.00385 e. The Morgan fingerprint density at radius 2 is 1.16 bits per heavy atom. The zero-order valence-electron chi connectivity index (χ0n) is 18.4. The van der Waals surface area contributed by atoms with E-state index < -0.39 is 0 Å². The third-order valence-electron chi connectivity index (χ3n) is 7.49. The highest BCUT2D eigenvalue weighted by Gasteiger charge is 2.39. The van der Waals surface area contributed by atoms with Crippen molar-refractivity contribution < 1.29 is 0 Å². The van der Waals surface area contributed by atoms with Crippen molar-refractivity contribution >= 4 is 0 Å². The fraction of sp³-hybridized carbons (Fsp3) is 1.00. The Hall–Kier alpha value is -0.0800. The summed E-state index contributed by atoms with van der Waals surface area (Å²) in [5.74, 6) is 0.933. The Balaban J connectivity index is 0.000000181. The monoisotopic (exact) mass is 350 g/mol. The predicted molar refractivity (Wildman–Crippen MR) is 111 cm³/mol. The molecule has 0 aromatic heterocycles. The number of rotatable bonds is 2. The van der Waals surface area contributed by atoms with Crippen molar-refractivity contribution in [3.05, 3.63) is 0 Å². The van der Waals surface area contributed by atoms with Gasteiger partial charge in [0.2, 0.25) is 0 Å². The molecule has 0 aromatic carbocycles. The normalized spacial score (nSPS) is 25.8. The van der Waals surface area contributed by atoms with Crippen molar-refractivity contribution in [2.45, 2.75) is 105 Å². The van der Waals surface area contributed by atoms with Gasteiger partial charge in [-0.25, -0.2) is 0 Å². The highest BCUT2D eigenvalue weighted by Crippen LogP contribution is 2.48. The van der Waals surface area contributed by atoms with Crippen LogP contribution in [-0.4, -0.2) is 48.1 Å². The lowest BCUT2D eigenvalue weighted by molar-refractivity contribution is 0.0220. The van der Waals surface area contributed by atoms with Crippen molar-refractivity contribution in [2.24, 2.45) is 16.7 Å². The van der Waals surface area contributed by atoms with E-state index in [-0.39, 0.29) is 0 Å². The Bertz CT molecular complexity index is 371. The minimum atomic E-state index is 0.517. The third-order valence-corrected chi connectivity index (χ3v) is 7.49. The summed E-state index contributed by atoms with van der Waals surface area (Å²) in [4.78, 5) is 5.23. The topological polar surface area (TPSA) is 6.48 Å². The van der Waals surface area contributed by atoms with Gasteiger partial charge in [0, 0.05) is 12.1 Å². The van der Waals surface area contributed by atoms with Gasteiger partial charge < -0.3 is 9.80 Å². The van der Waals surface area contributed by atoms with Crippen LogP contribution in [-0.2, 0) is 0 Å². The van der Waals surface area contributed by atoms with E-state index in [0.717, 1.165) is 23.4 Å². The van der Waals surface area contributed by atoms with Crippen molar-refractivity contribution in [2.75, 3.05) is 26.2 Å². The Morgan fingerprint density at radius 3 is 1.48 bits per heavy atom. The molecule has 0 unspecified atom stereocenters. The molecule has 0 amide bonds. The average molecular weight is 351 g/mol. The van der Waals surface area contributed by atoms with E-state index in [1.807, 2.05) is 0 Å². The van der Waals surface area contributed by atoms with Gasteiger partial charge in [-0.1, -0.05) is 27.2 Å². The molecule has 2 saturated heterocycles. The molecule has 0 bridgehead atoms. The first-order valence-corrected chi connectivity index (χ1v) is 11.1. The van der Waals surface area contributed by atoms with Gasteiger partial charge in [-0.2, -0.15) is 0 Å². The van der Waals surface area contributed by atoms with Crippen LogP contribution in [0.1, 0.15) is 93.4 Å². The zero-order valence-corrected chi connectivity index (χ0v) is 18.4. The zero-order chi connectivity index (χ0) is 18.7. The van der Waals surface area contributed by atoms with Gasteiger partial charge in [0.15, 0.2) is 0 Å². The van der Waals surface area contributed by atoms with Crippen LogP contribution in [0.25, 0.3) is 0 Å². The first-order valence-electron chi connectivity index (χ1n) is 11.1. The number of nitrogens with zero attached hydrogens (tertiary/aromatic N) is 2. The van der Waals surface area contributed by atoms with E-state index in [2.05, 4.69) is 58.3 Å². The first kappa shape index (κ1) is 21.2. The molecule has 2 nitrogen and oxygen atoms in total. The van der Waals surface area contributed by atoms with Gasteiger partial charge in [0.1, 0.15) is 0 Å². The second-order valence-corrected chi connectivity index (χ2v) is 10.8. The minimum absolute atomic E-state index is 0.517. The largest absolute Gasteiger partial charge is 0.301 e. The molecule has 0 N–H and O–H groups in total. The van der Waals surface area contributed by atoms with E-state index in [0.29, 0.717) is 5.41 Å². The second-order valence-electron chi connectivity index (χ2n) is 10.8. The van der Waals surface area contributed by atoms with Crippen LogP contribution in [0.2, 0.25) is 0 Å². The maximum atomic E-state index is 2.63. The molecular weight excluding hydrogens is 304 g/mol. The van der Waals surface area contributed by atoms with Crippen LogP contribution in [0.5, 0.6) is 0 Å². The Labute approximate surface area is 158 Å². The third kappa shape index (κ3) is 5.96. The van der Waals surface area contributed by atoms with Gasteiger partial charge >= 0.3 is 0 Å². The summed E-state index contributed by atoms with van der Waals surface area (Å²) < 4.78 is 0. The van der Waals surface area contributed by atoms with E-state index in [1.165, 1.54) is 71.1 Å². The minimum Gasteiger partial charge on any atom is -0.301 e. The van der Waals surface area contributed by atoms with Crippen molar-refractivity contribution in [1.29, 1.82) is 0 Å². The summed E-state index contributed by atoms with van der Waals surface area (Å²) in [5, 5.41) is 0. The Kier molecular flexibility index (Phi) is 7.42. The molecule has 1 saturated carbocycles. The molecule has 1 spiro atoms. The van der Waals surface area contributed by atoms with Crippen molar-refractivity contribution in [3.8, 4) is 0 Å². The summed E-state index contributed by atoms with van der Waals surface area (Å²) in [6, 6.07) is 1.50. The maximum Gasteiger partial charge on any atom is 0.00385 e. The number of hydrogen-bond acceptors (Lipinski definition) is 2. The molecule has 3 fully saturated rings. The van der Waals surface area contributed by atoms with Crippen LogP contribution in [0.3, 0.4) is 0 Å². The van der Waals surface area contributed by atoms with Gasteiger partial charge in [-0.15, -0.1) is 0 Å². The van der Waals surface area contributed by atoms with Crippen molar-refractivity contribution in [3.63, 3.8) is 0 Å². The standard InChI is InChI=1S/C12H25N.C11H21N/c1-10(2)13-8-6-11(7-9-13)12(3,4)5;1-10(2)12-8-6-11(7-9-12)4-3-5-11/h10-11H,6-9H2,1-5H3;10H,3-9H2,1-2H3. The SMILES string of the molecule is CC(C)N1CCC(C(C)(C)C)CC1.CC(C)N1CCC2(CCC2)CC1. The molecule has 0 atom stereocenters. The molecule has 2 heteroatoms. The quantitative estimate of drug-likeness (QED) is 0.619. The van der Waals surface area contributed by atoms with E-state index in [9.17, 15) is 0 Å². The summed E-state index contributed by atoms with van der Waals surface area (Å²) in [6.45, 7) is 21.7. The molecule has 25 heavy (non-hydrogen) atoms. The average Bonchev–Trinajstić information content (AvgIpc) is 2.53. The predicted octanol–water partition coefficient (Wildman–Crippen LogP) is 5.81. The fourth-order valence-electron chi connectivity index (χ4n) is 4.97. The summed E-state index contributed by atoms with van der Waals surface area (Å²) in [5.41, 5.74) is 1.34. The van der Waals surface area contributed by atoms with E-state index >= 15 is 0 Å². The van der Waals surface area contributed by atoms with Crippen LogP contribution in [0.4, 0.5) is 0 Å². The fourth-order valence-corrected chi connectivity index (χ4v) is 4.97. The van der Waals surface area contributed by atoms with Gasteiger partial charge in [0.25, 0.3) is 0 Å². The summed E-state index contributed by atoms with van der Waals surface area (Å²) in [6.07, 6.45) is 10.3. The second kappa shape index (κ2) is 8.74. The lowest BCUT2D eigenvalue weighted by atomic mass is 9.63. The van der Waals surface area contributed by atoms with Crippen molar-refractivity contribution in [1.82, 2.24) is 9.80 Å². The summed E-state index contributed by atoms with van der Waals surface area (Å²) >= 11 is 0. The van der Waals surface area contributed by atoms with Gasteiger partial charge in [0.05, 0.1) is 0 Å². The first-order chi connectivity index (χ1) is 11.6. The molecular formula is C23H46N2. The van der Waals surface area contributed by atoms with E-state index in [4.69, 9.17) is 0 Å². The van der Waals surface area contributed by atoms with Crippen LogP contribution in [0, 0.1) is 16.7 Å². The number of likely N-dealkylation sites (tertiary alicyclic amines) is 2. The van der Waals surface area contributed by atoms with Crippen LogP contribution >= 0.6 is 0 Å². The molecule has 0 aromatic rings. The highest BCUT2D eigenvalue weighted by atomic mass is 15.2. The maximum absolute atomic E-state index is 2.63.